The Morgan fingerprint density at radius 2 is 1.85 bits per heavy atom. The average molecular weight is 502 g/mol. The standard InChI is InChI=1S/C24H33NO7S.Na/c1-6-8-15-32-18-9-11-19(12-10-18)33(29,30)21(22(26)31-7-2)17-13-14-25(23(27)28)20(16-17)24(3,4)5;/h9-12,17,20-21H,7,13-16H2,1-5H3,(H,27,28);/q;+1/p-1. The van der Waals surface area contributed by atoms with E-state index in [0.29, 0.717) is 5.75 Å². The van der Waals surface area contributed by atoms with Gasteiger partial charge < -0.3 is 24.3 Å². The van der Waals surface area contributed by atoms with E-state index >= 15 is 0 Å². The van der Waals surface area contributed by atoms with Crippen molar-refractivity contribution in [3.63, 3.8) is 0 Å². The molecule has 1 amide bonds. The van der Waals surface area contributed by atoms with Crippen LogP contribution in [0.2, 0.25) is 0 Å². The summed E-state index contributed by atoms with van der Waals surface area (Å²) in [5, 5.41) is 10.2. The maximum absolute atomic E-state index is 13.6. The zero-order chi connectivity index (χ0) is 24.8. The van der Waals surface area contributed by atoms with Gasteiger partial charge in [-0.05, 0) is 62.3 Å². The van der Waals surface area contributed by atoms with Crippen molar-refractivity contribution in [1.82, 2.24) is 4.90 Å². The number of esters is 1. The predicted molar refractivity (Wildman–Crippen MR) is 121 cm³/mol. The van der Waals surface area contributed by atoms with Gasteiger partial charge in [0.2, 0.25) is 0 Å². The molecule has 34 heavy (non-hydrogen) atoms. The Bertz CT molecular complexity index is 1010. The number of piperidine rings is 1. The Morgan fingerprint density at radius 1 is 1.24 bits per heavy atom. The van der Waals surface area contributed by atoms with Crippen molar-refractivity contribution in [3.8, 4) is 17.6 Å². The maximum atomic E-state index is 13.6. The number of ether oxygens (including phenoxy) is 2. The molecule has 1 fully saturated rings. The van der Waals surface area contributed by atoms with Crippen LogP contribution in [-0.4, -0.2) is 56.4 Å². The summed E-state index contributed by atoms with van der Waals surface area (Å²) in [6.07, 6.45) is -0.885. The van der Waals surface area contributed by atoms with Crippen LogP contribution in [0, 0.1) is 23.2 Å². The fourth-order valence-electron chi connectivity index (χ4n) is 4.17. The van der Waals surface area contributed by atoms with Crippen LogP contribution in [0.5, 0.6) is 5.75 Å². The molecule has 1 aliphatic heterocycles. The smallest absolute Gasteiger partial charge is 0.530 e. The molecule has 10 heteroatoms. The fourth-order valence-corrected chi connectivity index (χ4v) is 6.05. The summed E-state index contributed by atoms with van der Waals surface area (Å²) in [6, 6.07) is 5.33. The molecule has 2 rings (SSSR count). The normalized spacial score (nSPS) is 19.1. The summed E-state index contributed by atoms with van der Waals surface area (Å²) in [6.45, 7) is 9.25. The third-order valence-electron chi connectivity index (χ3n) is 5.80. The molecule has 3 unspecified atom stereocenters. The average Bonchev–Trinajstić information content (AvgIpc) is 2.73. The van der Waals surface area contributed by atoms with Crippen molar-refractivity contribution in [2.45, 2.75) is 63.6 Å². The molecule has 1 heterocycles. The molecule has 0 bridgehead atoms. The molecule has 3 atom stereocenters. The summed E-state index contributed by atoms with van der Waals surface area (Å²) in [4.78, 5) is 25.8. The van der Waals surface area contributed by atoms with E-state index in [-0.39, 0.29) is 67.1 Å². The van der Waals surface area contributed by atoms with Gasteiger partial charge in [-0.25, -0.2) is 8.42 Å². The van der Waals surface area contributed by atoms with Crippen molar-refractivity contribution in [3.05, 3.63) is 24.3 Å². The largest absolute Gasteiger partial charge is 1.00 e. The predicted octanol–water partition coefficient (Wildman–Crippen LogP) is -0.732. The molecule has 1 aromatic carbocycles. The topological polar surface area (TPSA) is 113 Å². The number of likely N-dealkylation sites (tertiary alicyclic amines) is 1. The van der Waals surface area contributed by atoms with E-state index in [4.69, 9.17) is 9.47 Å². The van der Waals surface area contributed by atoms with Crippen molar-refractivity contribution in [2.75, 3.05) is 19.8 Å². The number of carbonyl (C=O) groups excluding carboxylic acids is 2. The van der Waals surface area contributed by atoms with E-state index in [1.807, 2.05) is 20.8 Å². The summed E-state index contributed by atoms with van der Waals surface area (Å²) >= 11 is 0. The van der Waals surface area contributed by atoms with Crippen LogP contribution < -0.4 is 39.4 Å². The minimum Gasteiger partial charge on any atom is -0.530 e. The Labute approximate surface area is 224 Å². The molecule has 0 spiro atoms. The Balaban J connectivity index is 0.00000578. The Morgan fingerprint density at radius 3 is 2.35 bits per heavy atom. The fraction of sp³-hybridized carbons (Fsp3) is 0.583. The van der Waals surface area contributed by atoms with Gasteiger partial charge in [0.05, 0.1) is 11.5 Å². The number of hydrogen-bond acceptors (Lipinski definition) is 7. The minimum absolute atomic E-state index is 0. The second-order valence-corrected chi connectivity index (χ2v) is 11.1. The van der Waals surface area contributed by atoms with Gasteiger partial charge in [0.25, 0.3) is 0 Å². The van der Waals surface area contributed by atoms with E-state index in [2.05, 4.69) is 11.8 Å². The van der Waals surface area contributed by atoms with Crippen molar-refractivity contribution >= 4 is 21.9 Å². The first kappa shape index (κ1) is 30.3. The molecule has 1 aliphatic rings. The molecule has 0 N–H and O–H groups in total. The van der Waals surface area contributed by atoms with E-state index in [9.17, 15) is 23.1 Å². The van der Waals surface area contributed by atoms with Crippen molar-refractivity contribution in [2.24, 2.45) is 11.3 Å². The SMILES string of the molecule is CC#CCOc1ccc(S(=O)(=O)C(C(=O)OCC)C2CCN(C(=O)[O-])C(C(C)(C)C)C2)cc1.[Na+]. The van der Waals surface area contributed by atoms with Crippen LogP contribution in [-0.2, 0) is 19.4 Å². The van der Waals surface area contributed by atoms with Gasteiger partial charge in [0.15, 0.2) is 15.1 Å². The number of hydrogen-bond donors (Lipinski definition) is 0. The van der Waals surface area contributed by atoms with Gasteiger partial charge in [-0.3, -0.25) is 4.79 Å². The molecule has 0 radical (unpaired) electrons. The Kier molecular flexibility index (Phi) is 11.4. The summed E-state index contributed by atoms with van der Waals surface area (Å²) in [5.74, 6) is 4.49. The summed E-state index contributed by atoms with van der Waals surface area (Å²) in [7, 11) is -4.11. The second-order valence-electron chi connectivity index (χ2n) is 9.03. The number of nitrogens with zero attached hydrogens (tertiary/aromatic N) is 1. The van der Waals surface area contributed by atoms with Crippen LogP contribution in [0.4, 0.5) is 4.79 Å². The van der Waals surface area contributed by atoms with Gasteiger partial charge in [-0.2, -0.15) is 0 Å². The third-order valence-corrected chi connectivity index (χ3v) is 7.97. The van der Waals surface area contributed by atoms with Crippen LogP contribution in [0.1, 0.15) is 47.5 Å². The van der Waals surface area contributed by atoms with Gasteiger partial charge in [0, 0.05) is 12.6 Å². The molecule has 1 aromatic rings. The zero-order valence-electron chi connectivity index (χ0n) is 20.8. The number of carbonyl (C=O) groups is 2. The van der Waals surface area contributed by atoms with Crippen LogP contribution in [0.15, 0.2) is 29.2 Å². The first-order valence-corrected chi connectivity index (χ1v) is 12.5. The van der Waals surface area contributed by atoms with Gasteiger partial charge >= 0.3 is 35.5 Å². The van der Waals surface area contributed by atoms with Crippen LogP contribution in [0.25, 0.3) is 0 Å². The molecular formula is C24H32NNaO7S. The minimum atomic E-state index is -4.11. The monoisotopic (exact) mass is 501 g/mol. The van der Waals surface area contributed by atoms with Crippen molar-refractivity contribution < 1.29 is 62.1 Å². The van der Waals surface area contributed by atoms with Crippen LogP contribution >= 0.6 is 0 Å². The van der Waals surface area contributed by atoms with E-state index < -0.39 is 44.5 Å². The molecule has 0 aromatic heterocycles. The third kappa shape index (κ3) is 7.38. The molecule has 182 valence electrons. The van der Waals surface area contributed by atoms with Gasteiger partial charge in [-0.15, -0.1) is 5.92 Å². The van der Waals surface area contributed by atoms with Gasteiger partial charge in [0.1, 0.15) is 18.4 Å². The van der Waals surface area contributed by atoms with Gasteiger partial charge in [-0.1, -0.05) is 26.7 Å². The first-order valence-electron chi connectivity index (χ1n) is 10.9. The number of rotatable bonds is 7. The number of benzene rings is 1. The van der Waals surface area contributed by atoms with E-state index in [1.54, 1.807) is 13.8 Å². The van der Waals surface area contributed by atoms with E-state index in [0.717, 1.165) is 0 Å². The van der Waals surface area contributed by atoms with E-state index in [1.165, 1.54) is 29.2 Å². The molecule has 0 saturated carbocycles. The number of carboxylic acid groups (broad SMARTS) is 1. The maximum Gasteiger partial charge on any atom is 1.00 e. The zero-order valence-corrected chi connectivity index (χ0v) is 23.6. The summed E-state index contributed by atoms with van der Waals surface area (Å²) in [5.41, 5.74) is -0.470. The number of amides is 1. The molecule has 0 aliphatic carbocycles. The Hall–Kier alpha value is -1.73. The molecular weight excluding hydrogens is 469 g/mol. The first-order chi connectivity index (χ1) is 15.4. The summed E-state index contributed by atoms with van der Waals surface area (Å²) < 4.78 is 37.8. The molecule has 8 nitrogen and oxygen atoms in total. The van der Waals surface area contributed by atoms with Crippen molar-refractivity contribution in [1.29, 1.82) is 0 Å². The quantitative estimate of drug-likeness (QED) is 0.275. The second kappa shape index (κ2) is 12.8. The van der Waals surface area contributed by atoms with Crippen LogP contribution in [0.3, 0.4) is 0 Å². The molecule has 1 saturated heterocycles. The number of sulfone groups is 1.